The molecule has 0 spiro atoms. The van der Waals surface area contributed by atoms with E-state index in [-0.39, 0.29) is 29.8 Å². The van der Waals surface area contributed by atoms with Crippen LogP contribution in [-0.2, 0) is 32.0 Å². The van der Waals surface area contributed by atoms with E-state index < -0.39 is 5.91 Å². The van der Waals surface area contributed by atoms with Crippen LogP contribution in [0.4, 0.5) is 23.1 Å². The van der Waals surface area contributed by atoms with Gasteiger partial charge < -0.3 is 40.2 Å². The predicted octanol–water partition coefficient (Wildman–Crippen LogP) is 3.40. The topological polar surface area (TPSA) is 150 Å². The molecule has 4 N–H and O–H groups in total. The number of benzene rings is 2. The van der Waals surface area contributed by atoms with Crippen molar-refractivity contribution in [1.82, 2.24) is 14.9 Å². The summed E-state index contributed by atoms with van der Waals surface area (Å²) in [5.41, 5.74) is 9.09. The number of amides is 2. The monoisotopic (exact) mass is 628 g/mol. The fourth-order valence-electron chi connectivity index (χ4n) is 4.21. The Labute approximate surface area is 246 Å². The second-order valence-electron chi connectivity index (χ2n) is 9.09. The lowest BCUT2D eigenvalue weighted by Gasteiger charge is -2.30. The minimum absolute atomic E-state index is 0.0163. The molecule has 0 fully saturated rings. The van der Waals surface area contributed by atoms with Crippen molar-refractivity contribution in [2.24, 2.45) is 5.73 Å². The summed E-state index contributed by atoms with van der Waals surface area (Å²) >= 11 is 3.49. The maximum Gasteiger partial charge on any atom is 0.254 e. The lowest BCUT2D eigenvalue weighted by molar-refractivity contribution is -0.137. The van der Waals surface area contributed by atoms with E-state index in [1.165, 1.54) is 6.20 Å². The molecule has 1 aromatic heterocycles. The lowest BCUT2D eigenvalue weighted by Crippen LogP contribution is -2.38. The number of nitrogens with zero attached hydrogens (tertiary/aromatic N) is 3. The third kappa shape index (κ3) is 8.13. The van der Waals surface area contributed by atoms with Gasteiger partial charge >= 0.3 is 0 Å². The number of primary amides is 1. The number of hydrogen-bond acceptors (Lipinski definition) is 10. The molecule has 0 radical (unpaired) electrons. The average Bonchev–Trinajstić information content (AvgIpc) is 2.97. The first-order valence-electron chi connectivity index (χ1n) is 13.0. The molecule has 13 heteroatoms. The van der Waals surface area contributed by atoms with E-state index >= 15 is 0 Å². The highest BCUT2D eigenvalue weighted by Gasteiger charge is 2.23. The number of hydrogen-bond donors (Lipinski definition) is 3. The van der Waals surface area contributed by atoms with Gasteiger partial charge in [0.15, 0.2) is 0 Å². The molecule has 41 heavy (non-hydrogen) atoms. The van der Waals surface area contributed by atoms with Crippen LogP contribution in [0, 0.1) is 0 Å². The molecule has 2 amide bonds. The summed E-state index contributed by atoms with van der Waals surface area (Å²) in [6.07, 6.45) is 2.05. The van der Waals surface area contributed by atoms with Crippen molar-refractivity contribution < 1.29 is 28.5 Å². The minimum atomic E-state index is -0.662. The number of methoxy groups -OCH3 is 2. The van der Waals surface area contributed by atoms with Gasteiger partial charge in [0, 0.05) is 30.9 Å². The lowest BCUT2D eigenvalue weighted by atomic mass is 9.98. The van der Waals surface area contributed by atoms with Crippen LogP contribution in [0.2, 0.25) is 0 Å². The van der Waals surface area contributed by atoms with Gasteiger partial charge in [-0.1, -0.05) is 12.1 Å². The number of halogens is 1. The Bertz CT molecular complexity index is 1370. The van der Waals surface area contributed by atoms with Gasteiger partial charge in [-0.15, -0.1) is 0 Å². The zero-order valence-electron chi connectivity index (χ0n) is 22.9. The predicted molar refractivity (Wildman–Crippen MR) is 157 cm³/mol. The molecule has 1 aliphatic rings. The van der Waals surface area contributed by atoms with Crippen LogP contribution in [0.15, 0.2) is 47.1 Å². The zero-order chi connectivity index (χ0) is 29.2. The van der Waals surface area contributed by atoms with Gasteiger partial charge in [0.1, 0.15) is 23.7 Å². The normalized spacial score (nSPS) is 12.5. The summed E-state index contributed by atoms with van der Waals surface area (Å²) < 4.78 is 22.2. The van der Waals surface area contributed by atoms with Gasteiger partial charge in [0.2, 0.25) is 11.9 Å². The Morgan fingerprint density at radius 2 is 1.80 bits per heavy atom. The van der Waals surface area contributed by atoms with Gasteiger partial charge in [0.05, 0.1) is 44.9 Å². The largest absolute Gasteiger partial charge is 0.495 e. The van der Waals surface area contributed by atoms with Gasteiger partial charge in [-0.2, -0.15) is 4.98 Å². The van der Waals surface area contributed by atoms with E-state index in [4.69, 9.17) is 24.7 Å². The number of anilines is 4. The standard InChI is InChI=1S/C28H33BrN6O6/c1-38-9-10-40-11-12-41-17-25(36)35-8-7-18-14-24(39-2)23(13-19(18)16-35)33-28-31-15-20(26(30)37)27(34-28)32-22-6-4-3-5-21(22)29/h3-6,13-15H,7-12,16-17H2,1-2H3,(H2,30,37)(H2,31,32,33,34). The zero-order valence-corrected chi connectivity index (χ0v) is 24.5. The van der Waals surface area contributed by atoms with Crippen LogP contribution < -0.4 is 21.1 Å². The maximum absolute atomic E-state index is 12.8. The van der Waals surface area contributed by atoms with Crippen molar-refractivity contribution in [2.75, 3.05) is 64.4 Å². The van der Waals surface area contributed by atoms with Crippen LogP contribution in [0.25, 0.3) is 0 Å². The Balaban J connectivity index is 1.46. The highest BCUT2D eigenvalue weighted by atomic mass is 79.9. The number of nitrogens with one attached hydrogen (secondary N) is 2. The molecule has 0 saturated heterocycles. The summed E-state index contributed by atoms with van der Waals surface area (Å²) in [7, 11) is 3.19. The third-order valence-corrected chi connectivity index (χ3v) is 7.04. The average molecular weight is 630 g/mol. The summed E-state index contributed by atoms with van der Waals surface area (Å²) in [5.74, 6) is 0.325. The molecule has 0 atom stereocenters. The molecule has 1 aliphatic heterocycles. The molecular weight excluding hydrogens is 596 g/mol. The Morgan fingerprint density at radius 1 is 1.02 bits per heavy atom. The fraction of sp³-hybridized carbons (Fsp3) is 0.357. The van der Waals surface area contributed by atoms with Gasteiger partial charge in [-0.05, 0) is 57.7 Å². The number of para-hydroxylation sites is 1. The molecule has 4 rings (SSSR count). The summed E-state index contributed by atoms with van der Waals surface area (Å²) in [5, 5.41) is 6.32. The highest BCUT2D eigenvalue weighted by Crippen LogP contribution is 2.34. The van der Waals surface area contributed by atoms with Crippen molar-refractivity contribution in [3.8, 4) is 5.75 Å². The van der Waals surface area contributed by atoms with Crippen LogP contribution in [0.1, 0.15) is 21.5 Å². The number of ether oxygens (including phenoxy) is 4. The van der Waals surface area contributed by atoms with Crippen molar-refractivity contribution >= 4 is 50.9 Å². The number of nitrogens with two attached hydrogens (primary N) is 1. The summed E-state index contributed by atoms with van der Waals surface area (Å²) in [6.45, 7) is 2.72. The van der Waals surface area contributed by atoms with Crippen LogP contribution in [-0.4, -0.2) is 80.5 Å². The van der Waals surface area contributed by atoms with Gasteiger partial charge in [-0.3, -0.25) is 9.59 Å². The number of aromatic nitrogens is 2. The molecule has 218 valence electrons. The van der Waals surface area contributed by atoms with Crippen molar-refractivity contribution in [1.29, 1.82) is 0 Å². The van der Waals surface area contributed by atoms with E-state index in [9.17, 15) is 9.59 Å². The quantitative estimate of drug-likeness (QED) is 0.227. The van der Waals surface area contributed by atoms with E-state index in [1.807, 2.05) is 36.4 Å². The number of carbonyl (C=O) groups is 2. The van der Waals surface area contributed by atoms with Gasteiger partial charge in [-0.25, -0.2) is 4.98 Å². The molecule has 0 saturated carbocycles. The Kier molecular flexibility index (Phi) is 10.8. The minimum Gasteiger partial charge on any atom is -0.495 e. The molecule has 3 aromatic rings. The molecule has 0 aliphatic carbocycles. The van der Waals surface area contributed by atoms with Gasteiger partial charge in [0.25, 0.3) is 5.91 Å². The number of rotatable bonds is 14. The van der Waals surface area contributed by atoms with Crippen LogP contribution in [0.3, 0.4) is 0 Å². The molecule has 2 heterocycles. The summed E-state index contributed by atoms with van der Waals surface area (Å²) in [6, 6.07) is 11.3. The first-order valence-corrected chi connectivity index (χ1v) is 13.8. The Morgan fingerprint density at radius 3 is 2.56 bits per heavy atom. The van der Waals surface area contributed by atoms with E-state index in [0.29, 0.717) is 63.1 Å². The first kappa shape index (κ1) is 30.2. The van der Waals surface area contributed by atoms with E-state index in [0.717, 1.165) is 15.6 Å². The van der Waals surface area contributed by atoms with E-state index in [1.54, 1.807) is 19.1 Å². The highest BCUT2D eigenvalue weighted by molar-refractivity contribution is 9.10. The second kappa shape index (κ2) is 14.7. The molecule has 2 aromatic carbocycles. The molecule has 12 nitrogen and oxygen atoms in total. The number of carbonyl (C=O) groups excluding carboxylic acids is 2. The molecule has 0 unspecified atom stereocenters. The third-order valence-electron chi connectivity index (χ3n) is 6.34. The summed E-state index contributed by atoms with van der Waals surface area (Å²) in [4.78, 5) is 35.4. The maximum atomic E-state index is 12.8. The Hall–Kier alpha value is -3.78. The van der Waals surface area contributed by atoms with Crippen molar-refractivity contribution in [3.63, 3.8) is 0 Å². The van der Waals surface area contributed by atoms with E-state index in [2.05, 4.69) is 36.5 Å². The molecule has 0 bridgehead atoms. The first-order chi connectivity index (χ1) is 19.9. The smallest absolute Gasteiger partial charge is 0.254 e. The SMILES string of the molecule is COCCOCCOCC(=O)N1CCc2cc(OC)c(Nc3ncc(C(N)=O)c(Nc4ccccc4Br)n3)cc2C1. The van der Waals surface area contributed by atoms with Crippen molar-refractivity contribution in [2.45, 2.75) is 13.0 Å². The molecular formula is C28H33BrN6O6. The van der Waals surface area contributed by atoms with Crippen LogP contribution >= 0.6 is 15.9 Å². The van der Waals surface area contributed by atoms with Crippen LogP contribution in [0.5, 0.6) is 5.75 Å². The number of fused-ring (bicyclic) bond motifs is 1. The second-order valence-corrected chi connectivity index (χ2v) is 9.95. The van der Waals surface area contributed by atoms with Crippen molar-refractivity contribution in [3.05, 3.63) is 63.8 Å². The fourth-order valence-corrected chi connectivity index (χ4v) is 4.59.